The van der Waals surface area contributed by atoms with E-state index in [-0.39, 0.29) is 12.2 Å². The first-order valence-corrected chi connectivity index (χ1v) is 13.5. The fourth-order valence-corrected chi connectivity index (χ4v) is 4.70. The molecule has 206 valence electrons. The van der Waals surface area contributed by atoms with E-state index in [9.17, 15) is 14.7 Å². The second-order valence-electron chi connectivity index (χ2n) is 9.71. The minimum absolute atomic E-state index is 0.130. The first-order valence-electron chi connectivity index (χ1n) is 13.5. The topological polar surface area (TPSA) is 93.5 Å². The summed E-state index contributed by atoms with van der Waals surface area (Å²) in [5, 5.41) is 17.6. The van der Waals surface area contributed by atoms with Crippen molar-refractivity contribution in [3.63, 3.8) is 0 Å². The molecule has 0 saturated carbocycles. The number of aliphatic carboxylic acids is 1. The minimum Gasteiger partial charge on any atom is -0.492 e. The molecule has 5 rings (SSSR count). The van der Waals surface area contributed by atoms with Crippen molar-refractivity contribution in [1.29, 1.82) is 0 Å². The van der Waals surface area contributed by atoms with Gasteiger partial charge >= 0.3 is 5.97 Å². The van der Waals surface area contributed by atoms with E-state index >= 15 is 0 Å². The highest BCUT2D eigenvalue weighted by Crippen LogP contribution is 2.28. The first-order chi connectivity index (χ1) is 20.0. The molecule has 0 bridgehead atoms. The largest absolute Gasteiger partial charge is 0.492 e. The van der Waals surface area contributed by atoms with Gasteiger partial charge in [-0.25, -0.2) is 0 Å². The van der Waals surface area contributed by atoms with Crippen molar-refractivity contribution < 1.29 is 19.4 Å². The number of aryl methyl sites for hydroxylation is 1. The number of benzene rings is 4. The van der Waals surface area contributed by atoms with E-state index in [1.807, 2.05) is 90.5 Å². The molecule has 0 saturated heterocycles. The molecule has 0 amide bonds. The van der Waals surface area contributed by atoms with Gasteiger partial charge in [-0.15, -0.1) is 0 Å². The number of carboxylic acid groups (broad SMARTS) is 1. The standard InChI is InChI=1S/C34H31N3O4/c1-24-22-32(25-10-4-2-5-11-25)36-37(24)20-21-41-28-18-16-26(17-19-28)31(23-33(38)39)35-30-15-9-8-14-29(30)34(40)27-12-6-3-7-13-27/h2-19,22,31,35H,20-21,23H2,1H3,(H,38,39). The summed E-state index contributed by atoms with van der Waals surface area (Å²) in [6.07, 6.45) is -0.156. The molecule has 0 aliphatic carbocycles. The third-order valence-corrected chi connectivity index (χ3v) is 6.82. The number of nitrogens with zero attached hydrogens (tertiary/aromatic N) is 2. The number of para-hydroxylation sites is 1. The summed E-state index contributed by atoms with van der Waals surface area (Å²) in [4.78, 5) is 24.9. The normalized spacial score (nSPS) is 11.5. The van der Waals surface area contributed by atoms with Crippen LogP contribution in [0.2, 0.25) is 0 Å². The second-order valence-corrected chi connectivity index (χ2v) is 9.71. The highest BCUT2D eigenvalue weighted by Gasteiger charge is 2.20. The van der Waals surface area contributed by atoms with Crippen LogP contribution in [-0.4, -0.2) is 33.2 Å². The molecule has 1 unspecified atom stereocenters. The van der Waals surface area contributed by atoms with Crippen LogP contribution in [0.1, 0.15) is 39.6 Å². The van der Waals surface area contributed by atoms with Gasteiger partial charge in [0.1, 0.15) is 12.4 Å². The third-order valence-electron chi connectivity index (χ3n) is 6.82. The Morgan fingerprint density at radius 1 is 0.878 bits per heavy atom. The highest BCUT2D eigenvalue weighted by molar-refractivity contribution is 6.12. The Labute approximate surface area is 239 Å². The molecule has 5 aromatic rings. The van der Waals surface area contributed by atoms with Crippen LogP contribution in [0.5, 0.6) is 5.75 Å². The summed E-state index contributed by atoms with van der Waals surface area (Å²) >= 11 is 0. The number of carbonyl (C=O) groups is 2. The predicted molar refractivity (Wildman–Crippen MR) is 159 cm³/mol. The summed E-state index contributed by atoms with van der Waals surface area (Å²) in [6, 6.07) is 35.1. The number of nitrogens with one attached hydrogen (secondary N) is 1. The quantitative estimate of drug-likeness (QED) is 0.168. The maximum absolute atomic E-state index is 13.2. The van der Waals surface area contributed by atoms with Gasteiger partial charge in [0.05, 0.1) is 24.7 Å². The smallest absolute Gasteiger partial charge is 0.305 e. The van der Waals surface area contributed by atoms with Crippen LogP contribution in [0.15, 0.2) is 115 Å². The summed E-state index contributed by atoms with van der Waals surface area (Å²) < 4.78 is 7.90. The van der Waals surface area contributed by atoms with Crippen molar-refractivity contribution in [1.82, 2.24) is 9.78 Å². The Kier molecular flexibility index (Phi) is 8.55. The van der Waals surface area contributed by atoms with Gasteiger partial charge in [0.25, 0.3) is 0 Å². The number of carboxylic acids is 1. The van der Waals surface area contributed by atoms with Crippen LogP contribution < -0.4 is 10.1 Å². The average Bonchev–Trinajstić information content (AvgIpc) is 3.38. The van der Waals surface area contributed by atoms with Crippen LogP contribution in [0.25, 0.3) is 11.3 Å². The monoisotopic (exact) mass is 545 g/mol. The Balaban J connectivity index is 1.25. The Bertz CT molecular complexity index is 1610. The molecule has 41 heavy (non-hydrogen) atoms. The number of hydrogen-bond acceptors (Lipinski definition) is 5. The van der Waals surface area contributed by atoms with Crippen molar-refractivity contribution >= 4 is 17.4 Å². The van der Waals surface area contributed by atoms with E-state index in [1.165, 1.54) is 0 Å². The molecule has 7 heteroatoms. The van der Waals surface area contributed by atoms with E-state index in [4.69, 9.17) is 9.84 Å². The maximum atomic E-state index is 13.2. The van der Waals surface area contributed by atoms with E-state index in [1.54, 1.807) is 30.3 Å². The fourth-order valence-electron chi connectivity index (χ4n) is 4.70. The van der Waals surface area contributed by atoms with Crippen molar-refractivity contribution in [3.8, 4) is 17.0 Å². The molecule has 0 aliphatic rings. The number of ketones is 1. The van der Waals surface area contributed by atoms with Crippen molar-refractivity contribution in [2.75, 3.05) is 11.9 Å². The lowest BCUT2D eigenvalue weighted by atomic mass is 9.99. The zero-order valence-electron chi connectivity index (χ0n) is 22.7. The fraction of sp³-hybridized carbons (Fsp3) is 0.147. The number of carbonyl (C=O) groups excluding carboxylic acids is 1. The molecule has 0 fully saturated rings. The number of rotatable bonds is 12. The van der Waals surface area contributed by atoms with Gasteiger partial charge in [-0.2, -0.15) is 5.10 Å². The molecule has 0 radical (unpaired) electrons. The summed E-state index contributed by atoms with van der Waals surface area (Å²) in [5.41, 5.74) is 5.46. The van der Waals surface area contributed by atoms with Gasteiger partial charge in [0, 0.05) is 28.1 Å². The molecule has 0 aliphatic heterocycles. The Morgan fingerprint density at radius 3 is 2.24 bits per heavy atom. The summed E-state index contributed by atoms with van der Waals surface area (Å²) in [6.45, 7) is 3.05. The number of hydrogen-bond donors (Lipinski definition) is 2. The molecule has 7 nitrogen and oxygen atoms in total. The zero-order chi connectivity index (χ0) is 28.6. The van der Waals surface area contributed by atoms with Gasteiger partial charge in [-0.3, -0.25) is 14.3 Å². The van der Waals surface area contributed by atoms with Crippen molar-refractivity contribution in [3.05, 3.63) is 138 Å². The number of aromatic nitrogens is 2. The van der Waals surface area contributed by atoms with Crippen LogP contribution in [-0.2, 0) is 11.3 Å². The van der Waals surface area contributed by atoms with Gasteiger partial charge in [0.15, 0.2) is 5.78 Å². The third kappa shape index (κ3) is 6.89. The van der Waals surface area contributed by atoms with E-state index < -0.39 is 12.0 Å². The molecule has 2 N–H and O–H groups in total. The second kappa shape index (κ2) is 12.8. The van der Waals surface area contributed by atoms with Crippen LogP contribution in [0.3, 0.4) is 0 Å². The lowest BCUT2D eigenvalue weighted by molar-refractivity contribution is -0.137. The SMILES string of the molecule is Cc1cc(-c2ccccc2)nn1CCOc1ccc(C(CC(=O)O)Nc2ccccc2C(=O)c2ccccc2)cc1. The Morgan fingerprint density at radius 2 is 1.54 bits per heavy atom. The zero-order valence-corrected chi connectivity index (χ0v) is 22.7. The van der Waals surface area contributed by atoms with E-state index in [2.05, 4.69) is 11.4 Å². The molecule has 1 heterocycles. The number of anilines is 1. The highest BCUT2D eigenvalue weighted by atomic mass is 16.5. The molecule has 0 spiro atoms. The lowest BCUT2D eigenvalue weighted by Crippen LogP contribution is -2.17. The lowest BCUT2D eigenvalue weighted by Gasteiger charge is -2.21. The molecular formula is C34H31N3O4. The van der Waals surface area contributed by atoms with Crippen LogP contribution in [0, 0.1) is 6.92 Å². The van der Waals surface area contributed by atoms with Crippen LogP contribution >= 0.6 is 0 Å². The maximum Gasteiger partial charge on any atom is 0.305 e. The molecular weight excluding hydrogens is 514 g/mol. The van der Waals surface area contributed by atoms with Gasteiger partial charge in [-0.1, -0.05) is 84.9 Å². The minimum atomic E-state index is -0.945. The van der Waals surface area contributed by atoms with Crippen molar-refractivity contribution in [2.24, 2.45) is 0 Å². The molecule has 4 aromatic carbocycles. The predicted octanol–water partition coefficient (Wildman–Crippen LogP) is 6.80. The summed E-state index contributed by atoms with van der Waals surface area (Å²) in [5.74, 6) is -0.399. The molecule has 1 atom stereocenters. The van der Waals surface area contributed by atoms with Crippen molar-refractivity contribution in [2.45, 2.75) is 25.9 Å². The van der Waals surface area contributed by atoms with E-state index in [0.29, 0.717) is 35.7 Å². The average molecular weight is 546 g/mol. The summed E-state index contributed by atoms with van der Waals surface area (Å²) in [7, 11) is 0. The number of ether oxygens (including phenoxy) is 1. The Hall–Kier alpha value is -5.17. The van der Waals surface area contributed by atoms with Gasteiger partial charge in [-0.05, 0) is 42.8 Å². The van der Waals surface area contributed by atoms with Crippen LogP contribution in [0.4, 0.5) is 5.69 Å². The van der Waals surface area contributed by atoms with Gasteiger partial charge in [0.2, 0.25) is 0 Å². The first kappa shape index (κ1) is 27.4. The molecule has 1 aromatic heterocycles. The van der Waals surface area contributed by atoms with E-state index in [0.717, 1.165) is 22.5 Å². The van der Waals surface area contributed by atoms with Gasteiger partial charge < -0.3 is 15.2 Å².